The van der Waals surface area contributed by atoms with Crippen molar-refractivity contribution < 1.29 is 12.8 Å². The number of thioether (sulfide) groups is 1. The summed E-state index contributed by atoms with van der Waals surface area (Å²) in [5.74, 6) is 0.332. The van der Waals surface area contributed by atoms with Crippen molar-refractivity contribution in [2.24, 2.45) is 0 Å². The first kappa shape index (κ1) is 22.2. The van der Waals surface area contributed by atoms with Gasteiger partial charge in [-0.2, -0.15) is 5.26 Å². The van der Waals surface area contributed by atoms with E-state index in [9.17, 15) is 18.1 Å². The Morgan fingerprint density at radius 1 is 1.06 bits per heavy atom. The molecule has 0 spiro atoms. The van der Waals surface area contributed by atoms with E-state index in [4.69, 9.17) is 4.98 Å². The highest BCUT2D eigenvalue weighted by atomic mass is 32.2. The number of hydrogen-bond donors (Lipinski definition) is 0. The largest absolute Gasteiger partial charge is 0.239 e. The van der Waals surface area contributed by atoms with Crippen LogP contribution in [0.5, 0.6) is 0 Å². The second-order valence-electron chi connectivity index (χ2n) is 7.02. The Labute approximate surface area is 194 Å². The fraction of sp³-hybridized carbons (Fsp3) is 0.0833. The normalized spacial score (nSPS) is 11.3. The van der Waals surface area contributed by atoms with Gasteiger partial charge in [0.05, 0.1) is 16.2 Å². The number of hydrogen-bond acceptors (Lipinski definition) is 6. The van der Waals surface area contributed by atoms with Crippen LogP contribution in [0, 0.1) is 17.1 Å². The first-order valence-corrected chi connectivity index (χ1v) is 13.3. The van der Waals surface area contributed by atoms with E-state index in [-0.39, 0.29) is 10.7 Å². The molecule has 0 bridgehead atoms. The fourth-order valence-corrected chi connectivity index (χ4v) is 5.51. The van der Waals surface area contributed by atoms with Crippen LogP contribution in [-0.4, -0.2) is 19.7 Å². The van der Waals surface area contributed by atoms with E-state index in [0.717, 1.165) is 11.8 Å². The van der Waals surface area contributed by atoms with Crippen LogP contribution in [0.2, 0.25) is 0 Å². The number of nitriles is 1. The molecule has 0 amide bonds. The molecule has 4 rings (SSSR count). The minimum absolute atomic E-state index is 0.209. The van der Waals surface area contributed by atoms with Crippen molar-refractivity contribution in [1.82, 2.24) is 4.98 Å². The molecule has 0 saturated heterocycles. The number of rotatable bonds is 6. The molecule has 2 heterocycles. The minimum atomic E-state index is -3.33. The van der Waals surface area contributed by atoms with Gasteiger partial charge in [-0.3, -0.25) is 0 Å². The van der Waals surface area contributed by atoms with Crippen molar-refractivity contribution in [3.05, 3.63) is 88.4 Å². The summed E-state index contributed by atoms with van der Waals surface area (Å²) >= 11 is 3.11. The van der Waals surface area contributed by atoms with Gasteiger partial charge < -0.3 is 0 Å². The van der Waals surface area contributed by atoms with Gasteiger partial charge in [-0.25, -0.2) is 17.8 Å². The Hall–Kier alpha value is -2.99. The van der Waals surface area contributed by atoms with Crippen molar-refractivity contribution in [2.75, 3.05) is 6.26 Å². The second kappa shape index (κ2) is 9.25. The first-order chi connectivity index (χ1) is 15.3. The predicted molar refractivity (Wildman–Crippen MR) is 127 cm³/mol. The number of pyridine rings is 1. The molecule has 0 saturated carbocycles. The van der Waals surface area contributed by atoms with E-state index >= 15 is 0 Å². The Balaban J connectivity index is 1.84. The summed E-state index contributed by atoms with van der Waals surface area (Å²) in [6.45, 7) is 0. The van der Waals surface area contributed by atoms with Crippen LogP contribution in [0.3, 0.4) is 0 Å². The van der Waals surface area contributed by atoms with E-state index in [0.29, 0.717) is 33.2 Å². The van der Waals surface area contributed by atoms with Crippen LogP contribution in [-0.2, 0) is 15.6 Å². The third kappa shape index (κ3) is 4.91. The summed E-state index contributed by atoms with van der Waals surface area (Å²) in [6.07, 6.45) is 1.15. The minimum Gasteiger partial charge on any atom is -0.239 e. The van der Waals surface area contributed by atoms with Gasteiger partial charge in [0.25, 0.3) is 0 Å². The summed E-state index contributed by atoms with van der Waals surface area (Å²) in [5, 5.41) is 12.4. The Morgan fingerprint density at radius 2 is 1.75 bits per heavy atom. The third-order valence-electron chi connectivity index (χ3n) is 4.75. The maximum Gasteiger partial charge on any atom is 0.175 e. The van der Waals surface area contributed by atoms with Crippen LogP contribution < -0.4 is 0 Å². The molecule has 0 fully saturated rings. The number of sulfone groups is 1. The highest BCUT2D eigenvalue weighted by Gasteiger charge is 2.17. The topological polar surface area (TPSA) is 70.8 Å². The standard InChI is InChI=1S/C24H17FN2O2S3/c1-32(28,29)21-10-6-16(7-11-21)22-13-18(14-26)24(31-15-20-3-2-12-30-20)27-23(22)17-4-8-19(25)9-5-17/h2-13H,15H2,1H3. The third-order valence-corrected chi connectivity index (χ3v) is 7.98. The smallest absolute Gasteiger partial charge is 0.175 e. The molecule has 0 aliphatic carbocycles. The van der Waals surface area contributed by atoms with E-state index in [2.05, 4.69) is 6.07 Å². The summed E-state index contributed by atoms with van der Waals surface area (Å²) in [6, 6.07) is 20.5. The Kier molecular flexibility index (Phi) is 6.42. The van der Waals surface area contributed by atoms with Gasteiger partial charge in [-0.05, 0) is 59.5 Å². The zero-order valence-electron chi connectivity index (χ0n) is 16.9. The van der Waals surface area contributed by atoms with Crippen LogP contribution in [0.4, 0.5) is 4.39 Å². The molecular formula is C24H17FN2O2S3. The average molecular weight is 481 g/mol. The zero-order chi connectivity index (χ0) is 22.7. The Morgan fingerprint density at radius 3 is 2.34 bits per heavy atom. The average Bonchev–Trinajstić information content (AvgIpc) is 3.31. The second-order valence-corrected chi connectivity index (χ2v) is 11.0. The summed E-state index contributed by atoms with van der Waals surface area (Å²) < 4.78 is 37.2. The number of aromatic nitrogens is 1. The van der Waals surface area contributed by atoms with Gasteiger partial charge in [0.2, 0.25) is 0 Å². The molecule has 0 atom stereocenters. The maximum absolute atomic E-state index is 13.5. The van der Waals surface area contributed by atoms with Crippen molar-refractivity contribution in [2.45, 2.75) is 15.7 Å². The number of thiophene rings is 1. The number of halogens is 1. The van der Waals surface area contributed by atoms with Gasteiger partial charge in [0.1, 0.15) is 16.9 Å². The van der Waals surface area contributed by atoms with E-state index in [1.807, 2.05) is 17.5 Å². The monoisotopic (exact) mass is 480 g/mol. The predicted octanol–water partition coefficient (Wildman–Crippen LogP) is 6.18. The molecule has 4 nitrogen and oxygen atoms in total. The SMILES string of the molecule is CS(=O)(=O)c1ccc(-c2cc(C#N)c(SCc3cccs3)nc2-c2ccc(F)cc2)cc1. The van der Waals surface area contributed by atoms with Crippen LogP contribution >= 0.6 is 23.1 Å². The molecule has 0 aliphatic heterocycles. The summed E-state index contributed by atoms with van der Waals surface area (Å²) in [4.78, 5) is 6.18. The van der Waals surface area contributed by atoms with Crippen molar-refractivity contribution >= 4 is 32.9 Å². The Bertz CT molecular complexity index is 1390. The van der Waals surface area contributed by atoms with Gasteiger partial charge >= 0.3 is 0 Å². The lowest BCUT2D eigenvalue weighted by atomic mass is 9.98. The van der Waals surface area contributed by atoms with Crippen molar-refractivity contribution in [3.8, 4) is 28.5 Å². The fourth-order valence-electron chi connectivity index (χ4n) is 3.15. The molecule has 32 heavy (non-hydrogen) atoms. The van der Waals surface area contributed by atoms with E-state index < -0.39 is 9.84 Å². The van der Waals surface area contributed by atoms with Crippen LogP contribution in [0.25, 0.3) is 22.4 Å². The molecule has 4 aromatic rings. The lowest BCUT2D eigenvalue weighted by Crippen LogP contribution is -1.98. The number of nitrogens with zero attached hydrogens (tertiary/aromatic N) is 2. The molecule has 0 radical (unpaired) electrons. The van der Waals surface area contributed by atoms with Gasteiger partial charge in [-0.15, -0.1) is 11.3 Å². The highest BCUT2D eigenvalue weighted by molar-refractivity contribution is 7.98. The van der Waals surface area contributed by atoms with E-state index in [1.165, 1.54) is 40.9 Å². The van der Waals surface area contributed by atoms with Gasteiger partial charge in [0.15, 0.2) is 9.84 Å². The van der Waals surface area contributed by atoms with Crippen LogP contribution in [0.15, 0.2) is 82.0 Å². The molecule has 0 unspecified atom stereocenters. The van der Waals surface area contributed by atoms with Crippen molar-refractivity contribution in [1.29, 1.82) is 5.26 Å². The van der Waals surface area contributed by atoms with Crippen molar-refractivity contribution in [3.63, 3.8) is 0 Å². The van der Waals surface area contributed by atoms with Crippen LogP contribution in [0.1, 0.15) is 10.4 Å². The van der Waals surface area contributed by atoms with Gasteiger partial charge in [-0.1, -0.05) is 30.0 Å². The summed E-state index contributed by atoms with van der Waals surface area (Å²) in [7, 11) is -3.33. The lowest BCUT2D eigenvalue weighted by molar-refractivity contribution is 0.602. The van der Waals surface area contributed by atoms with E-state index in [1.54, 1.807) is 41.7 Å². The molecule has 2 aromatic carbocycles. The molecular weight excluding hydrogens is 463 g/mol. The summed E-state index contributed by atoms with van der Waals surface area (Å²) in [5.41, 5.74) is 3.13. The molecule has 0 N–H and O–H groups in total. The quantitative estimate of drug-likeness (QED) is 0.308. The maximum atomic E-state index is 13.5. The molecule has 2 aromatic heterocycles. The molecule has 0 aliphatic rings. The molecule has 8 heteroatoms. The molecule has 160 valence electrons. The highest BCUT2D eigenvalue weighted by Crippen LogP contribution is 2.36. The number of benzene rings is 2. The first-order valence-electron chi connectivity index (χ1n) is 9.52. The lowest BCUT2D eigenvalue weighted by Gasteiger charge is -2.13. The van der Waals surface area contributed by atoms with Gasteiger partial charge in [0, 0.05) is 28.0 Å². The zero-order valence-corrected chi connectivity index (χ0v) is 19.4.